The predicted molar refractivity (Wildman–Crippen MR) is 91.5 cm³/mol. The number of carbonyl (C=O) groups excluding carboxylic acids is 1. The van der Waals surface area contributed by atoms with E-state index in [4.69, 9.17) is 9.47 Å². The largest absolute Gasteiger partial charge is 0.463 e. The Bertz CT molecular complexity index is 739. The Balaban J connectivity index is 1.87. The third kappa shape index (κ3) is 5.13. The first-order valence-corrected chi connectivity index (χ1v) is 8.57. The van der Waals surface area contributed by atoms with Crippen molar-refractivity contribution in [2.45, 2.75) is 57.1 Å². The number of H-pyrrole nitrogens is 1. The van der Waals surface area contributed by atoms with Crippen molar-refractivity contribution < 1.29 is 24.5 Å². The molecule has 0 amide bonds. The van der Waals surface area contributed by atoms with Crippen LogP contribution in [0.15, 0.2) is 34.0 Å². The summed E-state index contributed by atoms with van der Waals surface area (Å²) in [5.41, 5.74) is -1.36. The van der Waals surface area contributed by atoms with Gasteiger partial charge in [0, 0.05) is 18.7 Å². The van der Waals surface area contributed by atoms with E-state index >= 15 is 0 Å². The van der Waals surface area contributed by atoms with Crippen LogP contribution in [0.25, 0.3) is 0 Å². The van der Waals surface area contributed by atoms with E-state index in [0.29, 0.717) is 6.42 Å². The first kappa shape index (κ1) is 20.1. The zero-order chi connectivity index (χ0) is 19.1. The maximum absolute atomic E-state index is 11.8. The summed E-state index contributed by atoms with van der Waals surface area (Å²) in [6, 6.07) is 1.10. The maximum atomic E-state index is 11.8. The summed E-state index contributed by atoms with van der Waals surface area (Å²) in [4.78, 5) is 36.7. The van der Waals surface area contributed by atoms with Crippen molar-refractivity contribution in [3.8, 4) is 0 Å². The number of hydrogen-bond acceptors (Lipinski definition) is 7. The molecular weight excluding hydrogens is 344 g/mol. The normalized spacial score (nSPS) is 25.7. The van der Waals surface area contributed by atoms with E-state index in [9.17, 15) is 24.6 Å². The quantitative estimate of drug-likeness (QED) is 0.330. The summed E-state index contributed by atoms with van der Waals surface area (Å²) < 4.78 is 11.5. The van der Waals surface area contributed by atoms with Crippen LogP contribution in [0.4, 0.5) is 0 Å². The zero-order valence-electron chi connectivity index (χ0n) is 14.5. The van der Waals surface area contributed by atoms with Gasteiger partial charge in [-0.2, -0.15) is 0 Å². The molecule has 0 radical (unpaired) electrons. The average Bonchev–Trinajstić information content (AvgIpc) is 2.88. The Kier molecular flexibility index (Phi) is 7.31. The molecule has 0 aliphatic carbocycles. The minimum atomic E-state index is -1.40. The van der Waals surface area contributed by atoms with Crippen molar-refractivity contribution in [1.82, 2.24) is 9.55 Å². The smallest absolute Gasteiger partial charge is 0.330 e. The second-order valence-corrected chi connectivity index (χ2v) is 6.02. The second kappa shape index (κ2) is 9.46. The number of carbonyl (C=O) groups is 1. The van der Waals surface area contributed by atoms with E-state index < -0.39 is 41.8 Å². The number of esters is 1. The maximum Gasteiger partial charge on any atom is 0.330 e. The molecule has 3 N–H and O–H groups in total. The van der Waals surface area contributed by atoms with Crippen molar-refractivity contribution in [3.63, 3.8) is 0 Å². The molecule has 1 aliphatic heterocycles. The number of nitrogens with zero attached hydrogens (tertiary/aromatic N) is 1. The van der Waals surface area contributed by atoms with Gasteiger partial charge in [-0.25, -0.2) is 4.79 Å². The number of nitrogens with one attached hydrogen (secondary N) is 1. The molecule has 3 unspecified atom stereocenters. The van der Waals surface area contributed by atoms with Gasteiger partial charge in [-0.05, 0) is 19.3 Å². The number of hydrogen-bond donors (Lipinski definition) is 3. The van der Waals surface area contributed by atoms with Crippen LogP contribution in [-0.2, 0) is 14.3 Å². The average molecular weight is 368 g/mol. The molecule has 0 bridgehead atoms. The summed E-state index contributed by atoms with van der Waals surface area (Å²) >= 11 is 0. The summed E-state index contributed by atoms with van der Waals surface area (Å²) in [7, 11) is 0. The lowest BCUT2D eigenvalue weighted by atomic mass is 10.1. The standard InChI is InChI=1S/C17H24N2O7/c1-2-3-4-5-6-7-13(21)25-10-11-14(22)15(23)16(26-11)19-9-8-12(20)18-17(19)24/h3-4,8-9,11,14-16,22-23H,2,5-7,10H2,1H3,(H,18,20,24)/b4-3-/t11?,14?,15?,16-/m1/s1. The lowest BCUT2D eigenvalue weighted by molar-refractivity contribution is -0.150. The molecule has 9 nitrogen and oxygen atoms in total. The number of allylic oxidation sites excluding steroid dienone is 2. The van der Waals surface area contributed by atoms with Gasteiger partial charge in [-0.15, -0.1) is 0 Å². The Hall–Kier alpha value is -2.23. The molecule has 1 fully saturated rings. The van der Waals surface area contributed by atoms with Crippen LogP contribution in [-0.4, -0.2) is 50.7 Å². The van der Waals surface area contributed by atoms with Crippen LogP contribution in [0.2, 0.25) is 0 Å². The molecule has 1 aromatic rings. The van der Waals surface area contributed by atoms with Crippen molar-refractivity contribution in [2.24, 2.45) is 0 Å². The summed E-state index contributed by atoms with van der Waals surface area (Å²) in [5, 5.41) is 20.1. The molecule has 0 saturated carbocycles. The number of aromatic nitrogens is 2. The number of aliphatic hydroxyl groups is 2. The topological polar surface area (TPSA) is 131 Å². The molecule has 9 heteroatoms. The molecule has 0 spiro atoms. The molecule has 2 heterocycles. The van der Waals surface area contributed by atoms with Crippen molar-refractivity contribution in [3.05, 3.63) is 45.3 Å². The molecule has 0 aromatic carbocycles. The fourth-order valence-corrected chi connectivity index (χ4v) is 2.62. The SMILES string of the molecule is CC/C=C\CCCC(=O)OCC1O[C@@H](n2ccc(=O)[nH]c2=O)C(O)C1O. The van der Waals surface area contributed by atoms with Gasteiger partial charge in [-0.1, -0.05) is 19.1 Å². The highest BCUT2D eigenvalue weighted by atomic mass is 16.6. The number of rotatable bonds is 8. The number of aliphatic hydroxyl groups excluding tert-OH is 2. The van der Waals surface area contributed by atoms with Crippen molar-refractivity contribution >= 4 is 5.97 Å². The predicted octanol–water partition coefficient (Wildman–Crippen LogP) is -0.164. The first-order chi connectivity index (χ1) is 12.4. The van der Waals surface area contributed by atoms with E-state index in [1.165, 1.54) is 6.20 Å². The molecule has 1 aromatic heterocycles. The Morgan fingerprint density at radius 2 is 2.12 bits per heavy atom. The molecule has 1 saturated heterocycles. The Morgan fingerprint density at radius 1 is 1.35 bits per heavy atom. The molecular formula is C17H24N2O7. The monoisotopic (exact) mass is 368 g/mol. The van der Waals surface area contributed by atoms with Gasteiger partial charge < -0.3 is 19.7 Å². The van der Waals surface area contributed by atoms with Crippen LogP contribution in [0.5, 0.6) is 0 Å². The van der Waals surface area contributed by atoms with Gasteiger partial charge in [0.2, 0.25) is 0 Å². The van der Waals surface area contributed by atoms with Crippen LogP contribution in [0.1, 0.15) is 38.8 Å². The summed E-state index contributed by atoms with van der Waals surface area (Å²) in [5.74, 6) is -0.426. The second-order valence-electron chi connectivity index (χ2n) is 6.02. The Labute approximate surface area is 149 Å². The minimum Gasteiger partial charge on any atom is -0.463 e. The van der Waals surface area contributed by atoms with Crippen LogP contribution in [0.3, 0.4) is 0 Å². The van der Waals surface area contributed by atoms with Gasteiger partial charge in [0.25, 0.3) is 5.56 Å². The first-order valence-electron chi connectivity index (χ1n) is 8.57. The molecule has 4 atom stereocenters. The van der Waals surface area contributed by atoms with Crippen molar-refractivity contribution in [1.29, 1.82) is 0 Å². The van der Waals surface area contributed by atoms with Crippen LogP contribution < -0.4 is 11.2 Å². The van der Waals surface area contributed by atoms with Crippen molar-refractivity contribution in [2.75, 3.05) is 6.61 Å². The fourth-order valence-electron chi connectivity index (χ4n) is 2.62. The number of unbranched alkanes of at least 4 members (excludes halogenated alkanes) is 1. The van der Waals surface area contributed by atoms with Gasteiger partial charge >= 0.3 is 11.7 Å². The molecule has 144 valence electrons. The third-order valence-electron chi connectivity index (χ3n) is 4.03. The molecule has 26 heavy (non-hydrogen) atoms. The van der Waals surface area contributed by atoms with Gasteiger partial charge in [-0.3, -0.25) is 19.1 Å². The van der Waals surface area contributed by atoms with E-state index in [-0.39, 0.29) is 13.0 Å². The van der Waals surface area contributed by atoms with E-state index in [1.54, 1.807) is 0 Å². The van der Waals surface area contributed by atoms with Gasteiger partial charge in [0.1, 0.15) is 24.9 Å². The summed E-state index contributed by atoms with van der Waals surface area (Å²) in [6.07, 6.45) is 2.92. The third-order valence-corrected chi connectivity index (χ3v) is 4.03. The molecule has 2 rings (SSSR count). The minimum absolute atomic E-state index is 0.238. The highest BCUT2D eigenvalue weighted by Crippen LogP contribution is 2.28. The van der Waals surface area contributed by atoms with Crippen LogP contribution in [0, 0.1) is 0 Å². The van der Waals surface area contributed by atoms with E-state index in [1.807, 2.05) is 24.1 Å². The van der Waals surface area contributed by atoms with Crippen LogP contribution >= 0.6 is 0 Å². The highest BCUT2D eigenvalue weighted by Gasteiger charge is 2.44. The highest BCUT2D eigenvalue weighted by molar-refractivity contribution is 5.69. The Morgan fingerprint density at radius 3 is 2.81 bits per heavy atom. The summed E-state index contributed by atoms with van der Waals surface area (Å²) in [6.45, 7) is 1.79. The van der Waals surface area contributed by atoms with E-state index in [0.717, 1.165) is 23.5 Å². The lowest BCUT2D eigenvalue weighted by Gasteiger charge is -2.16. The molecule has 1 aliphatic rings. The van der Waals surface area contributed by atoms with Gasteiger partial charge in [0.15, 0.2) is 6.23 Å². The number of aromatic amines is 1. The lowest BCUT2D eigenvalue weighted by Crippen LogP contribution is -2.37. The number of ether oxygens (including phenoxy) is 2. The van der Waals surface area contributed by atoms with Gasteiger partial charge in [0.05, 0.1) is 0 Å². The zero-order valence-corrected chi connectivity index (χ0v) is 14.5. The van der Waals surface area contributed by atoms with E-state index in [2.05, 4.69) is 0 Å². The fraction of sp³-hybridized carbons (Fsp3) is 0.588.